The molecule has 1 atom stereocenters. The standard InChI is InChI=1S/C12H17NO4/c1-3-13-11(12(15)16)8-5-6-9(14)10(7-8)17-4-2/h5-7,11,13-14H,3-4H2,1-2H3,(H,15,16). The second kappa shape index (κ2) is 6.10. The number of benzene rings is 1. The van der Waals surface area contributed by atoms with Crippen molar-refractivity contribution in [2.24, 2.45) is 0 Å². The number of carboxylic acid groups (broad SMARTS) is 1. The monoisotopic (exact) mass is 239 g/mol. The van der Waals surface area contributed by atoms with Crippen LogP contribution >= 0.6 is 0 Å². The number of aromatic hydroxyl groups is 1. The Morgan fingerprint density at radius 2 is 2.18 bits per heavy atom. The predicted octanol–water partition coefficient (Wildman–Crippen LogP) is 1.53. The van der Waals surface area contributed by atoms with Gasteiger partial charge in [-0.25, -0.2) is 0 Å². The first-order valence-electron chi connectivity index (χ1n) is 5.52. The van der Waals surface area contributed by atoms with Crippen molar-refractivity contribution in [2.75, 3.05) is 13.2 Å². The molecule has 1 aromatic rings. The zero-order valence-electron chi connectivity index (χ0n) is 9.93. The highest BCUT2D eigenvalue weighted by atomic mass is 16.5. The molecule has 0 heterocycles. The summed E-state index contributed by atoms with van der Waals surface area (Å²) in [6.07, 6.45) is 0. The first-order chi connectivity index (χ1) is 8.10. The van der Waals surface area contributed by atoms with Crippen molar-refractivity contribution in [3.63, 3.8) is 0 Å². The molecule has 1 rings (SSSR count). The maximum Gasteiger partial charge on any atom is 0.325 e. The number of hydrogen-bond acceptors (Lipinski definition) is 4. The molecule has 0 aliphatic heterocycles. The first kappa shape index (κ1) is 13.3. The van der Waals surface area contributed by atoms with Crippen molar-refractivity contribution in [3.05, 3.63) is 23.8 Å². The SMILES string of the molecule is CCNC(C(=O)O)c1ccc(O)c(OCC)c1. The van der Waals surface area contributed by atoms with Gasteiger partial charge < -0.3 is 20.3 Å². The summed E-state index contributed by atoms with van der Waals surface area (Å²) in [6, 6.07) is 3.76. The number of carbonyl (C=O) groups is 1. The van der Waals surface area contributed by atoms with E-state index in [-0.39, 0.29) is 5.75 Å². The van der Waals surface area contributed by atoms with Crippen LogP contribution in [-0.2, 0) is 4.79 Å². The van der Waals surface area contributed by atoms with Gasteiger partial charge in [0, 0.05) is 0 Å². The zero-order valence-corrected chi connectivity index (χ0v) is 9.93. The molecule has 94 valence electrons. The van der Waals surface area contributed by atoms with Gasteiger partial charge in [0.25, 0.3) is 0 Å². The zero-order chi connectivity index (χ0) is 12.8. The summed E-state index contributed by atoms with van der Waals surface area (Å²) < 4.78 is 5.21. The van der Waals surface area contributed by atoms with Gasteiger partial charge in [0.05, 0.1) is 6.61 Å². The van der Waals surface area contributed by atoms with Gasteiger partial charge in [0.2, 0.25) is 0 Å². The number of likely N-dealkylation sites (N-methyl/N-ethyl adjacent to an activating group) is 1. The maximum absolute atomic E-state index is 11.1. The molecule has 17 heavy (non-hydrogen) atoms. The topological polar surface area (TPSA) is 78.8 Å². The van der Waals surface area contributed by atoms with Crippen LogP contribution in [0.1, 0.15) is 25.5 Å². The van der Waals surface area contributed by atoms with Gasteiger partial charge in [-0.15, -0.1) is 0 Å². The Morgan fingerprint density at radius 1 is 1.47 bits per heavy atom. The van der Waals surface area contributed by atoms with Crippen molar-refractivity contribution < 1.29 is 19.7 Å². The molecule has 1 unspecified atom stereocenters. The van der Waals surface area contributed by atoms with Crippen LogP contribution in [0.25, 0.3) is 0 Å². The number of rotatable bonds is 6. The summed E-state index contributed by atoms with van der Waals surface area (Å²) in [4.78, 5) is 11.1. The summed E-state index contributed by atoms with van der Waals surface area (Å²) >= 11 is 0. The minimum Gasteiger partial charge on any atom is -0.504 e. The molecule has 0 aliphatic carbocycles. The van der Waals surface area contributed by atoms with E-state index < -0.39 is 12.0 Å². The van der Waals surface area contributed by atoms with Crippen molar-refractivity contribution in [1.29, 1.82) is 0 Å². The molecular weight excluding hydrogens is 222 g/mol. The Hall–Kier alpha value is -1.75. The fourth-order valence-corrected chi connectivity index (χ4v) is 1.53. The third kappa shape index (κ3) is 3.35. The summed E-state index contributed by atoms with van der Waals surface area (Å²) in [5.41, 5.74) is 0.556. The smallest absolute Gasteiger partial charge is 0.325 e. The molecule has 5 nitrogen and oxygen atoms in total. The minimum atomic E-state index is -0.958. The molecular formula is C12H17NO4. The highest BCUT2D eigenvalue weighted by Crippen LogP contribution is 2.29. The number of aliphatic carboxylic acids is 1. The van der Waals surface area contributed by atoms with Gasteiger partial charge in [-0.3, -0.25) is 4.79 Å². The van der Waals surface area contributed by atoms with Crippen LogP contribution in [0.15, 0.2) is 18.2 Å². The molecule has 0 aliphatic rings. The van der Waals surface area contributed by atoms with E-state index in [1.807, 2.05) is 6.92 Å². The van der Waals surface area contributed by atoms with E-state index in [2.05, 4.69) is 5.32 Å². The molecule has 3 N–H and O–H groups in total. The molecule has 0 amide bonds. The quantitative estimate of drug-likeness (QED) is 0.701. The lowest BCUT2D eigenvalue weighted by molar-refractivity contribution is -0.139. The lowest BCUT2D eigenvalue weighted by Crippen LogP contribution is -2.28. The average Bonchev–Trinajstić information content (AvgIpc) is 2.29. The molecule has 0 bridgehead atoms. The van der Waals surface area contributed by atoms with Crippen molar-refractivity contribution in [1.82, 2.24) is 5.32 Å². The lowest BCUT2D eigenvalue weighted by Gasteiger charge is -2.15. The average molecular weight is 239 g/mol. The number of hydrogen-bond donors (Lipinski definition) is 3. The summed E-state index contributed by atoms with van der Waals surface area (Å²) in [5.74, 6) is -0.648. The minimum absolute atomic E-state index is 0.0104. The molecule has 0 spiro atoms. The van der Waals surface area contributed by atoms with Crippen molar-refractivity contribution in [3.8, 4) is 11.5 Å². The highest BCUT2D eigenvalue weighted by molar-refractivity contribution is 5.76. The van der Waals surface area contributed by atoms with Gasteiger partial charge in [0.1, 0.15) is 6.04 Å². The van der Waals surface area contributed by atoms with Gasteiger partial charge in [-0.1, -0.05) is 13.0 Å². The third-order valence-corrected chi connectivity index (χ3v) is 2.27. The fraction of sp³-hybridized carbons (Fsp3) is 0.417. The highest BCUT2D eigenvalue weighted by Gasteiger charge is 2.19. The van der Waals surface area contributed by atoms with Crippen LogP contribution in [-0.4, -0.2) is 29.3 Å². The lowest BCUT2D eigenvalue weighted by atomic mass is 10.1. The van der Waals surface area contributed by atoms with Crippen LogP contribution in [0.5, 0.6) is 11.5 Å². The van der Waals surface area contributed by atoms with Crippen molar-refractivity contribution >= 4 is 5.97 Å². The summed E-state index contributed by atoms with van der Waals surface area (Å²) in [5, 5.41) is 21.5. The van der Waals surface area contributed by atoms with E-state index in [9.17, 15) is 9.90 Å². The second-order valence-corrected chi connectivity index (χ2v) is 3.49. The van der Waals surface area contributed by atoms with Gasteiger partial charge in [-0.05, 0) is 31.2 Å². The number of phenols is 1. The Labute approximate surface area is 100 Å². The van der Waals surface area contributed by atoms with E-state index in [1.165, 1.54) is 6.07 Å². The Balaban J connectivity index is 3.03. The van der Waals surface area contributed by atoms with Crippen LogP contribution < -0.4 is 10.1 Å². The maximum atomic E-state index is 11.1. The first-order valence-corrected chi connectivity index (χ1v) is 5.52. The molecule has 1 aromatic carbocycles. The molecule has 0 fully saturated rings. The van der Waals surface area contributed by atoms with Gasteiger partial charge >= 0.3 is 5.97 Å². The van der Waals surface area contributed by atoms with E-state index in [0.29, 0.717) is 24.5 Å². The predicted molar refractivity (Wildman–Crippen MR) is 63.3 cm³/mol. The van der Waals surface area contributed by atoms with E-state index in [0.717, 1.165) is 0 Å². The number of phenolic OH excluding ortho intramolecular Hbond substituents is 1. The van der Waals surface area contributed by atoms with E-state index in [1.54, 1.807) is 19.1 Å². The molecule has 0 saturated heterocycles. The molecule has 5 heteroatoms. The van der Waals surface area contributed by atoms with Crippen LogP contribution in [0, 0.1) is 0 Å². The van der Waals surface area contributed by atoms with Crippen LogP contribution in [0.3, 0.4) is 0 Å². The summed E-state index contributed by atoms with van der Waals surface area (Å²) in [7, 11) is 0. The number of ether oxygens (including phenoxy) is 1. The van der Waals surface area contributed by atoms with Gasteiger partial charge in [0.15, 0.2) is 11.5 Å². The number of nitrogens with one attached hydrogen (secondary N) is 1. The Bertz CT molecular complexity index is 392. The largest absolute Gasteiger partial charge is 0.504 e. The molecule has 0 aromatic heterocycles. The fourth-order valence-electron chi connectivity index (χ4n) is 1.53. The Morgan fingerprint density at radius 3 is 2.71 bits per heavy atom. The molecule has 0 radical (unpaired) electrons. The number of carboxylic acids is 1. The van der Waals surface area contributed by atoms with E-state index >= 15 is 0 Å². The summed E-state index contributed by atoms with van der Waals surface area (Å²) in [6.45, 7) is 4.59. The van der Waals surface area contributed by atoms with Crippen molar-refractivity contribution in [2.45, 2.75) is 19.9 Å². The van der Waals surface area contributed by atoms with Crippen LogP contribution in [0.4, 0.5) is 0 Å². The van der Waals surface area contributed by atoms with E-state index in [4.69, 9.17) is 9.84 Å². The second-order valence-electron chi connectivity index (χ2n) is 3.49. The van der Waals surface area contributed by atoms with Crippen LogP contribution in [0.2, 0.25) is 0 Å². The molecule has 0 saturated carbocycles. The third-order valence-electron chi connectivity index (χ3n) is 2.27. The normalized spacial score (nSPS) is 12.1. The Kier molecular flexibility index (Phi) is 4.78. The van der Waals surface area contributed by atoms with Gasteiger partial charge in [-0.2, -0.15) is 0 Å².